The summed E-state index contributed by atoms with van der Waals surface area (Å²) in [6.45, 7) is 3.26. The number of ether oxygens (including phenoxy) is 1. The predicted octanol–water partition coefficient (Wildman–Crippen LogP) is 3.15. The van der Waals surface area contributed by atoms with E-state index in [-0.39, 0.29) is 11.4 Å². The maximum Gasteiger partial charge on any atom is 0.349 e. The van der Waals surface area contributed by atoms with E-state index < -0.39 is 22.9 Å². The third-order valence-electron chi connectivity index (χ3n) is 2.95. The molecular formula is C15H14N2O5S. The molecule has 1 N–H and O–H groups in total. The molecule has 1 amide bonds. The van der Waals surface area contributed by atoms with Crippen LogP contribution in [0, 0.1) is 17.0 Å². The van der Waals surface area contributed by atoms with Gasteiger partial charge in [-0.15, -0.1) is 11.3 Å². The Balaban J connectivity index is 2.03. The number of aryl methyl sites for hydroxylation is 1. The second kappa shape index (κ2) is 7.01. The lowest BCUT2D eigenvalue weighted by Crippen LogP contribution is -2.30. The standard InChI is InChI=1S/C15H14N2O5S/c1-9-7-8-13(23-9)15(19)22-10(2)14(18)16-11-5-3-4-6-12(11)17(20)21/h3-8,10H,1-2H3,(H,16,18)/t10-/m0/s1. The summed E-state index contributed by atoms with van der Waals surface area (Å²) >= 11 is 1.26. The number of esters is 1. The lowest BCUT2D eigenvalue weighted by molar-refractivity contribution is -0.383. The fourth-order valence-electron chi connectivity index (χ4n) is 1.79. The number of nitro benzene ring substituents is 1. The molecule has 1 aromatic carbocycles. The summed E-state index contributed by atoms with van der Waals surface area (Å²) in [7, 11) is 0. The number of nitrogens with zero attached hydrogens (tertiary/aromatic N) is 1. The summed E-state index contributed by atoms with van der Waals surface area (Å²) in [5.74, 6) is -1.24. The molecule has 0 aliphatic carbocycles. The second-order valence-corrected chi connectivity index (χ2v) is 6.01. The zero-order valence-corrected chi connectivity index (χ0v) is 13.3. The van der Waals surface area contributed by atoms with Crippen LogP contribution < -0.4 is 5.32 Å². The highest BCUT2D eigenvalue weighted by molar-refractivity contribution is 7.13. The number of anilines is 1. The normalized spacial score (nSPS) is 11.6. The van der Waals surface area contributed by atoms with Crippen molar-refractivity contribution in [3.8, 4) is 0 Å². The van der Waals surface area contributed by atoms with Crippen LogP contribution in [0.5, 0.6) is 0 Å². The average Bonchev–Trinajstić information content (AvgIpc) is 2.94. The molecule has 8 heteroatoms. The minimum absolute atomic E-state index is 0.0531. The fourth-order valence-corrected chi connectivity index (χ4v) is 2.54. The summed E-state index contributed by atoms with van der Waals surface area (Å²) in [5, 5.41) is 13.3. The van der Waals surface area contributed by atoms with Crippen molar-refractivity contribution in [3.63, 3.8) is 0 Å². The van der Waals surface area contributed by atoms with Crippen LogP contribution in [0.15, 0.2) is 36.4 Å². The van der Waals surface area contributed by atoms with E-state index >= 15 is 0 Å². The summed E-state index contributed by atoms with van der Waals surface area (Å²) in [5.41, 5.74) is -0.175. The van der Waals surface area contributed by atoms with Gasteiger partial charge in [0.2, 0.25) is 0 Å². The molecule has 0 unspecified atom stereocenters. The number of nitrogens with one attached hydrogen (secondary N) is 1. The highest BCUT2D eigenvalue weighted by atomic mass is 32.1. The maximum absolute atomic E-state index is 12.1. The van der Waals surface area contributed by atoms with Gasteiger partial charge >= 0.3 is 5.97 Å². The van der Waals surface area contributed by atoms with Crippen molar-refractivity contribution in [2.24, 2.45) is 0 Å². The Bertz CT molecular complexity index is 756. The van der Waals surface area contributed by atoms with Gasteiger partial charge in [0.15, 0.2) is 6.10 Å². The highest BCUT2D eigenvalue weighted by Gasteiger charge is 2.22. The number of rotatable bonds is 5. The van der Waals surface area contributed by atoms with Crippen LogP contribution in [0.25, 0.3) is 0 Å². The lowest BCUT2D eigenvalue weighted by Gasteiger charge is -2.13. The first-order chi connectivity index (χ1) is 10.9. The van der Waals surface area contributed by atoms with E-state index in [1.165, 1.54) is 36.5 Å². The molecule has 0 aliphatic rings. The summed E-state index contributed by atoms with van der Waals surface area (Å²) < 4.78 is 5.07. The Labute approximate surface area is 136 Å². The Morgan fingerprint density at radius 1 is 1.26 bits per heavy atom. The van der Waals surface area contributed by atoms with Gasteiger partial charge in [-0.2, -0.15) is 0 Å². The molecule has 1 aromatic heterocycles. The van der Waals surface area contributed by atoms with E-state index in [2.05, 4.69) is 5.32 Å². The van der Waals surface area contributed by atoms with Crippen LogP contribution in [0.1, 0.15) is 21.5 Å². The van der Waals surface area contributed by atoms with Crippen molar-refractivity contribution >= 4 is 34.6 Å². The number of thiophene rings is 1. The molecule has 0 aliphatic heterocycles. The average molecular weight is 334 g/mol. The Hall–Kier alpha value is -2.74. The molecule has 7 nitrogen and oxygen atoms in total. The molecule has 0 saturated heterocycles. The van der Waals surface area contributed by atoms with Gasteiger partial charge in [0, 0.05) is 10.9 Å². The first-order valence-corrected chi connectivity index (χ1v) is 7.52. The van der Waals surface area contributed by atoms with Crippen LogP contribution in [0.3, 0.4) is 0 Å². The van der Waals surface area contributed by atoms with Crippen LogP contribution >= 0.6 is 11.3 Å². The fraction of sp³-hybridized carbons (Fsp3) is 0.200. The number of carbonyl (C=O) groups is 2. The number of para-hydroxylation sites is 2. The van der Waals surface area contributed by atoms with E-state index in [9.17, 15) is 19.7 Å². The van der Waals surface area contributed by atoms with Crippen LogP contribution in [-0.4, -0.2) is 22.9 Å². The second-order valence-electron chi connectivity index (χ2n) is 4.72. The molecule has 0 saturated carbocycles. The number of amides is 1. The number of nitro groups is 1. The molecule has 120 valence electrons. The molecular weight excluding hydrogens is 320 g/mol. The number of hydrogen-bond acceptors (Lipinski definition) is 6. The Morgan fingerprint density at radius 3 is 2.57 bits per heavy atom. The van der Waals surface area contributed by atoms with Crippen molar-refractivity contribution in [1.29, 1.82) is 0 Å². The van der Waals surface area contributed by atoms with Gasteiger partial charge < -0.3 is 10.1 Å². The predicted molar refractivity (Wildman–Crippen MR) is 85.7 cm³/mol. The van der Waals surface area contributed by atoms with E-state index in [4.69, 9.17) is 4.74 Å². The van der Waals surface area contributed by atoms with E-state index in [1.807, 2.05) is 6.92 Å². The molecule has 23 heavy (non-hydrogen) atoms. The minimum atomic E-state index is -1.08. The van der Waals surface area contributed by atoms with Crippen molar-refractivity contribution in [2.45, 2.75) is 20.0 Å². The molecule has 0 radical (unpaired) electrons. The first-order valence-electron chi connectivity index (χ1n) is 6.70. The number of carbonyl (C=O) groups excluding carboxylic acids is 2. The first kappa shape index (κ1) is 16.6. The third kappa shape index (κ3) is 4.13. The summed E-state index contributed by atoms with van der Waals surface area (Å²) in [6.07, 6.45) is -1.08. The van der Waals surface area contributed by atoms with Gasteiger partial charge in [0.05, 0.1) is 4.92 Å². The van der Waals surface area contributed by atoms with Crippen LogP contribution in [-0.2, 0) is 9.53 Å². The highest BCUT2D eigenvalue weighted by Crippen LogP contribution is 2.23. The summed E-state index contributed by atoms with van der Waals surface area (Å²) in [6, 6.07) is 9.15. The lowest BCUT2D eigenvalue weighted by atomic mass is 10.2. The zero-order valence-electron chi connectivity index (χ0n) is 12.4. The molecule has 2 aromatic rings. The maximum atomic E-state index is 12.1. The van der Waals surface area contributed by atoms with E-state index in [0.29, 0.717) is 4.88 Å². The quantitative estimate of drug-likeness (QED) is 0.514. The van der Waals surface area contributed by atoms with Gasteiger partial charge in [0.1, 0.15) is 10.6 Å². The minimum Gasteiger partial charge on any atom is -0.448 e. The molecule has 0 fully saturated rings. The van der Waals surface area contributed by atoms with Crippen molar-refractivity contribution in [3.05, 3.63) is 56.3 Å². The SMILES string of the molecule is Cc1ccc(C(=O)O[C@@H](C)C(=O)Nc2ccccc2[N+](=O)[O-])s1. The molecule has 1 heterocycles. The topological polar surface area (TPSA) is 98.5 Å². The van der Waals surface area contributed by atoms with E-state index in [1.54, 1.807) is 18.2 Å². The number of hydrogen-bond donors (Lipinski definition) is 1. The van der Waals surface area contributed by atoms with Crippen molar-refractivity contribution in [2.75, 3.05) is 5.32 Å². The van der Waals surface area contributed by atoms with E-state index in [0.717, 1.165) is 4.88 Å². The third-order valence-corrected chi connectivity index (χ3v) is 3.93. The van der Waals surface area contributed by atoms with Gasteiger partial charge in [-0.25, -0.2) is 4.79 Å². The van der Waals surface area contributed by atoms with Gasteiger partial charge in [-0.05, 0) is 32.0 Å². The van der Waals surface area contributed by atoms with Gasteiger partial charge in [-0.1, -0.05) is 12.1 Å². The van der Waals surface area contributed by atoms with Crippen LogP contribution in [0.4, 0.5) is 11.4 Å². The molecule has 0 bridgehead atoms. The zero-order chi connectivity index (χ0) is 17.0. The molecule has 2 rings (SSSR count). The Morgan fingerprint density at radius 2 is 1.96 bits per heavy atom. The monoisotopic (exact) mass is 334 g/mol. The van der Waals surface area contributed by atoms with Gasteiger partial charge in [0.25, 0.3) is 11.6 Å². The van der Waals surface area contributed by atoms with Crippen molar-refractivity contribution < 1.29 is 19.2 Å². The van der Waals surface area contributed by atoms with Crippen molar-refractivity contribution in [1.82, 2.24) is 0 Å². The molecule has 0 spiro atoms. The molecule has 1 atom stereocenters. The largest absolute Gasteiger partial charge is 0.448 e. The summed E-state index contributed by atoms with van der Waals surface area (Å²) in [4.78, 5) is 35.6. The Kier molecular flexibility index (Phi) is 5.07. The van der Waals surface area contributed by atoms with Crippen LogP contribution in [0.2, 0.25) is 0 Å². The van der Waals surface area contributed by atoms with Gasteiger partial charge in [-0.3, -0.25) is 14.9 Å². The number of benzene rings is 1. The smallest absolute Gasteiger partial charge is 0.349 e.